The highest BCUT2D eigenvalue weighted by molar-refractivity contribution is 5.74. The summed E-state index contributed by atoms with van der Waals surface area (Å²) in [6.45, 7) is 1.66. The van der Waals surface area contributed by atoms with E-state index in [4.69, 9.17) is 0 Å². The second-order valence-electron chi connectivity index (χ2n) is 7.07. The van der Waals surface area contributed by atoms with Gasteiger partial charge in [0.15, 0.2) is 0 Å². The van der Waals surface area contributed by atoms with Gasteiger partial charge in [0.1, 0.15) is 5.82 Å². The van der Waals surface area contributed by atoms with E-state index < -0.39 is 0 Å². The van der Waals surface area contributed by atoms with Gasteiger partial charge in [-0.1, -0.05) is 0 Å². The molecule has 2 heterocycles. The lowest BCUT2D eigenvalue weighted by Gasteiger charge is -2.35. The predicted octanol–water partition coefficient (Wildman–Crippen LogP) is 1.69. The number of nitrogens with zero attached hydrogens (tertiary/aromatic N) is 3. The molecular weight excluding hydrogens is 292 g/mol. The molecule has 1 aliphatic heterocycles. The van der Waals surface area contributed by atoms with Crippen molar-refractivity contribution in [2.24, 2.45) is 13.0 Å². The molecule has 128 valence electrons. The summed E-state index contributed by atoms with van der Waals surface area (Å²) in [7, 11) is 2.02. The van der Waals surface area contributed by atoms with Gasteiger partial charge in [-0.25, -0.2) is 9.78 Å². The summed E-state index contributed by atoms with van der Waals surface area (Å²) in [5, 5.41) is 12.7. The van der Waals surface area contributed by atoms with Gasteiger partial charge in [-0.15, -0.1) is 0 Å². The number of aliphatic hydroxyl groups excluding tert-OH is 1. The smallest absolute Gasteiger partial charge is 0.317 e. The van der Waals surface area contributed by atoms with E-state index in [9.17, 15) is 9.90 Å². The number of rotatable bonds is 3. The molecule has 0 spiro atoms. The van der Waals surface area contributed by atoms with Crippen LogP contribution in [0.2, 0.25) is 0 Å². The number of imidazole rings is 1. The monoisotopic (exact) mass is 320 g/mol. The van der Waals surface area contributed by atoms with Gasteiger partial charge in [-0.3, -0.25) is 0 Å². The van der Waals surface area contributed by atoms with Gasteiger partial charge in [0.2, 0.25) is 0 Å². The Bertz CT molecular complexity index is 522. The number of amides is 2. The minimum absolute atomic E-state index is 0.0657. The van der Waals surface area contributed by atoms with Gasteiger partial charge in [0.05, 0.1) is 6.10 Å². The fourth-order valence-electron chi connectivity index (χ4n) is 3.75. The highest BCUT2D eigenvalue weighted by atomic mass is 16.3. The number of aromatic nitrogens is 2. The van der Waals surface area contributed by atoms with Crippen molar-refractivity contribution in [3.63, 3.8) is 0 Å². The van der Waals surface area contributed by atoms with Crippen LogP contribution >= 0.6 is 0 Å². The van der Waals surface area contributed by atoms with E-state index in [0.717, 1.165) is 63.9 Å². The number of aryl methyl sites for hydroxylation is 1. The summed E-state index contributed by atoms with van der Waals surface area (Å²) in [6.07, 6.45) is 10.1. The van der Waals surface area contributed by atoms with E-state index >= 15 is 0 Å². The van der Waals surface area contributed by atoms with Gasteiger partial charge < -0.3 is 19.9 Å². The van der Waals surface area contributed by atoms with Crippen molar-refractivity contribution in [1.29, 1.82) is 0 Å². The fourth-order valence-corrected chi connectivity index (χ4v) is 3.75. The molecular formula is C17H28N4O2. The molecule has 0 radical (unpaired) electrons. The van der Waals surface area contributed by atoms with E-state index in [2.05, 4.69) is 14.9 Å². The largest absolute Gasteiger partial charge is 0.393 e. The van der Waals surface area contributed by atoms with E-state index in [0.29, 0.717) is 5.92 Å². The predicted molar refractivity (Wildman–Crippen MR) is 88.0 cm³/mol. The van der Waals surface area contributed by atoms with Gasteiger partial charge in [-0.05, 0) is 44.4 Å². The zero-order valence-electron chi connectivity index (χ0n) is 13.9. The Kier molecular flexibility index (Phi) is 5.20. The van der Waals surface area contributed by atoms with Gasteiger partial charge in [0.25, 0.3) is 0 Å². The fraction of sp³-hybridized carbons (Fsp3) is 0.765. The maximum Gasteiger partial charge on any atom is 0.317 e. The molecule has 1 aromatic rings. The highest BCUT2D eigenvalue weighted by Gasteiger charge is 2.27. The molecule has 6 heteroatoms. The molecule has 6 nitrogen and oxygen atoms in total. The average Bonchev–Trinajstić information content (AvgIpc) is 2.95. The molecule has 0 bridgehead atoms. The topological polar surface area (TPSA) is 70.4 Å². The van der Waals surface area contributed by atoms with Crippen LogP contribution in [-0.2, 0) is 13.5 Å². The average molecular weight is 320 g/mol. The van der Waals surface area contributed by atoms with E-state index in [1.165, 1.54) is 0 Å². The molecule has 1 aromatic heterocycles. The molecule has 2 amide bonds. The number of likely N-dealkylation sites (tertiary alicyclic amines) is 1. The number of piperidine rings is 1. The van der Waals surface area contributed by atoms with Gasteiger partial charge in [-0.2, -0.15) is 0 Å². The molecule has 0 aromatic carbocycles. The Morgan fingerprint density at radius 2 is 2.13 bits per heavy atom. The SMILES string of the molecule is Cn1ccnc1CC1CCCN(C(=O)NC2CCC(O)CC2)C1. The number of hydrogen-bond acceptors (Lipinski definition) is 3. The summed E-state index contributed by atoms with van der Waals surface area (Å²) in [6, 6.07) is 0.289. The van der Waals surface area contributed by atoms with E-state index in [1.807, 2.05) is 24.3 Å². The van der Waals surface area contributed by atoms with Crippen molar-refractivity contribution in [1.82, 2.24) is 19.8 Å². The maximum atomic E-state index is 12.5. The zero-order valence-corrected chi connectivity index (χ0v) is 13.9. The zero-order chi connectivity index (χ0) is 16.2. The van der Waals surface area contributed by atoms with Crippen LogP contribution in [0.25, 0.3) is 0 Å². The third-order valence-electron chi connectivity index (χ3n) is 5.22. The Labute approximate surface area is 137 Å². The van der Waals surface area contributed by atoms with Crippen molar-refractivity contribution < 1.29 is 9.90 Å². The summed E-state index contributed by atoms with van der Waals surface area (Å²) >= 11 is 0. The summed E-state index contributed by atoms with van der Waals surface area (Å²) in [5.41, 5.74) is 0. The molecule has 2 N–H and O–H groups in total. The number of urea groups is 1. The molecule has 2 fully saturated rings. The first-order valence-electron chi connectivity index (χ1n) is 8.81. The number of carbonyl (C=O) groups is 1. The first-order chi connectivity index (χ1) is 11.1. The lowest BCUT2D eigenvalue weighted by atomic mass is 9.93. The van der Waals surface area contributed by atoms with Crippen LogP contribution in [0.5, 0.6) is 0 Å². The minimum Gasteiger partial charge on any atom is -0.393 e. The van der Waals surface area contributed by atoms with Gasteiger partial charge in [0, 0.05) is 45.0 Å². The van der Waals surface area contributed by atoms with Crippen LogP contribution < -0.4 is 5.32 Å². The number of hydrogen-bond donors (Lipinski definition) is 2. The van der Waals surface area contributed by atoms with Crippen LogP contribution in [0.3, 0.4) is 0 Å². The van der Waals surface area contributed by atoms with Crippen molar-refractivity contribution >= 4 is 6.03 Å². The Morgan fingerprint density at radius 1 is 1.35 bits per heavy atom. The minimum atomic E-state index is -0.180. The summed E-state index contributed by atoms with van der Waals surface area (Å²) in [5.74, 6) is 1.59. The normalized spacial score (nSPS) is 28.6. The summed E-state index contributed by atoms with van der Waals surface area (Å²) < 4.78 is 2.06. The van der Waals surface area contributed by atoms with E-state index in [1.54, 1.807) is 0 Å². The third kappa shape index (κ3) is 4.25. The molecule has 23 heavy (non-hydrogen) atoms. The van der Waals surface area contributed by atoms with Crippen LogP contribution in [0.1, 0.15) is 44.3 Å². The number of nitrogens with one attached hydrogen (secondary N) is 1. The molecule has 1 unspecified atom stereocenters. The van der Waals surface area contributed by atoms with Crippen LogP contribution in [0, 0.1) is 5.92 Å². The molecule has 1 aliphatic carbocycles. The second-order valence-corrected chi connectivity index (χ2v) is 7.07. The standard InChI is InChI=1S/C17H28N4O2/c1-20-10-8-18-16(20)11-13-3-2-9-21(12-13)17(23)19-14-4-6-15(22)7-5-14/h8,10,13-15,22H,2-7,9,11-12H2,1H3,(H,19,23). The first-order valence-corrected chi connectivity index (χ1v) is 8.81. The molecule has 3 rings (SSSR count). The van der Waals surface area contributed by atoms with E-state index in [-0.39, 0.29) is 18.2 Å². The van der Waals surface area contributed by atoms with Gasteiger partial charge >= 0.3 is 6.03 Å². The first kappa shape index (κ1) is 16.3. The number of carbonyl (C=O) groups excluding carboxylic acids is 1. The van der Waals surface area contributed by atoms with Crippen molar-refractivity contribution in [3.8, 4) is 0 Å². The maximum absolute atomic E-state index is 12.5. The Hall–Kier alpha value is -1.56. The Balaban J connectivity index is 1.49. The Morgan fingerprint density at radius 3 is 2.83 bits per heavy atom. The molecule has 1 saturated heterocycles. The second kappa shape index (κ2) is 7.34. The third-order valence-corrected chi connectivity index (χ3v) is 5.22. The van der Waals surface area contributed by atoms with Crippen LogP contribution in [0.15, 0.2) is 12.4 Å². The van der Waals surface area contributed by atoms with Crippen LogP contribution in [0.4, 0.5) is 4.79 Å². The van der Waals surface area contributed by atoms with Crippen LogP contribution in [-0.4, -0.2) is 50.8 Å². The summed E-state index contributed by atoms with van der Waals surface area (Å²) in [4.78, 5) is 18.9. The highest BCUT2D eigenvalue weighted by Crippen LogP contribution is 2.22. The molecule has 2 aliphatic rings. The van der Waals surface area contributed by atoms with Crippen molar-refractivity contribution in [3.05, 3.63) is 18.2 Å². The number of aliphatic hydroxyl groups is 1. The quantitative estimate of drug-likeness (QED) is 0.890. The molecule has 1 atom stereocenters. The van der Waals surface area contributed by atoms with Crippen molar-refractivity contribution in [2.75, 3.05) is 13.1 Å². The lowest BCUT2D eigenvalue weighted by molar-refractivity contribution is 0.112. The van der Waals surface area contributed by atoms with Crippen molar-refractivity contribution in [2.45, 2.75) is 57.1 Å². The molecule has 1 saturated carbocycles. The lowest BCUT2D eigenvalue weighted by Crippen LogP contribution is -2.49.